The molecule has 2 rings (SSSR count). The predicted octanol–water partition coefficient (Wildman–Crippen LogP) is 2.82. The Bertz CT molecular complexity index is 334. The zero-order chi connectivity index (χ0) is 12.8. The standard InChI is InChI=1S/C15H24N2O/c1-2-5-15(14-6-3-4-11-16-14)17-12-7-9-13(18)10-8-12/h3-4,6,11-13,15,17-18H,2,5,7-10H2,1H3. The molecular weight excluding hydrogens is 224 g/mol. The van der Waals surface area contributed by atoms with E-state index >= 15 is 0 Å². The van der Waals surface area contributed by atoms with Crippen molar-refractivity contribution in [3.8, 4) is 0 Å². The van der Waals surface area contributed by atoms with Crippen LogP contribution in [0.1, 0.15) is 57.2 Å². The van der Waals surface area contributed by atoms with E-state index in [0.717, 1.165) is 44.2 Å². The Labute approximate surface area is 110 Å². The van der Waals surface area contributed by atoms with Crippen LogP contribution in [0.2, 0.25) is 0 Å². The van der Waals surface area contributed by atoms with Gasteiger partial charge in [-0.15, -0.1) is 0 Å². The van der Waals surface area contributed by atoms with Crippen molar-refractivity contribution in [2.24, 2.45) is 0 Å². The molecule has 0 radical (unpaired) electrons. The highest BCUT2D eigenvalue weighted by atomic mass is 16.3. The van der Waals surface area contributed by atoms with Crippen molar-refractivity contribution in [3.63, 3.8) is 0 Å². The third-order valence-electron chi connectivity index (χ3n) is 3.76. The SMILES string of the molecule is CCCC(NC1CCC(O)CC1)c1ccccn1. The molecule has 1 aliphatic rings. The Morgan fingerprint density at radius 2 is 2.11 bits per heavy atom. The number of hydrogen-bond donors (Lipinski definition) is 2. The van der Waals surface area contributed by atoms with E-state index in [1.807, 2.05) is 12.3 Å². The molecule has 3 nitrogen and oxygen atoms in total. The monoisotopic (exact) mass is 248 g/mol. The molecular formula is C15H24N2O. The molecule has 2 N–H and O–H groups in total. The smallest absolute Gasteiger partial charge is 0.0573 e. The van der Waals surface area contributed by atoms with E-state index in [4.69, 9.17) is 0 Å². The first-order valence-corrected chi connectivity index (χ1v) is 7.14. The first kappa shape index (κ1) is 13.5. The molecule has 0 spiro atoms. The van der Waals surface area contributed by atoms with E-state index in [-0.39, 0.29) is 6.10 Å². The Morgan fingerprint density at radius 3 is 2.72 bits per heavy atom. The number of aliphatic hydroxyl groups is 1. The van der Waals surface area contributed by atoms with Gasteiger partial charge in [-0.1, -0.05) is 19.4 Å². The number of pyridine rings is 1. The molecule has 1 fully saturated rings. The topological polar surface area (TPSA) is 45.1 Å². The average molecular weight is 248 g/mol. The summed E-state index contributed by atoms with van der Waals surface area (Å²) in [6.07, 6.45) is 8.08. The number of nitrogens with zero attached hydrogens (tertiary/aromatic N) is 1. The first-order chi connectivity index (χ1) is 8.79. The maximum absolute atomic E-state index is 9.54. The van der Waals surface area contributed by atoms with Crippen molar-refractivity contribution in [1.29, 1.82) is 0 Å². The van der Waals surface area contributed by atoms with Gasteiger partial charge in [-0.25, -0.2) is 0 Å². The summed E-state index contributed by atoms with van der Waals surface area (Å²) in [5.74, 6) is 0. The van der Waals surface area contributed by atoms with Crippen molar-refractivity contribution < 1.29 is 5.11 Å². The largest absolute Gasteiger partial charge is 0.393 e. The van der Waals surface area contributed by atoms with E-state index in [1.54, 1.807) is 0 Å². The average Bonchev–Trinajstić information content (AvgIpc) is 2.42. The summed E-state index contributed by atoms with van der Waals surface area (Å²) in [6, 6.07) is 7.01. The quantitative estimate of drug-likeness (QED) is 0.842. The van der Waals surface area contributed by atoms with Gasteiger partial charge in [-0.3, -0.25) is 4.98 Å². The van der Waals surface area contributed by atoms with Gasteiger partial charge in [0.2, 0.25) is 0 Å². The fraction of sp³-hybridized carbons (Fsp3) is 0.667. The van der Waals surface area contributed by atoms with Crippen LogP contribution in [-0.2, 0) is 0 Å². The molecule has 0 bridgehead atoms. The number of hydrogen-bond acceptors (Lipinski definition) is 3. The minimum atomic E-state index is -0.0810. The van der Waals surface area contributed by atoms with Crippen molar-refractivity contribution >= 4 is 0 Å². The molecule has 18 heavy (non-hydrogen) atoms. The fourth-order valence-corrected chi connectivity index (χ4v) is 2.71. The van der Waals surface area contributed by atoms with E-state index in [0.29, 0.717) is 12.1 Å². The molecule has 100 valence electrons. The van der Waals surface area contributed by atoms with Crippen LogP contribution in [0.3, 0.4) is 0 Å². The van der Waals surface area contributed by atoms with Crippen molar-refractivity contribution in [3.05, 3.63) is 30.1 Å². The van der Waals surface area contributed by atoms with Crippen LogP contribution in [0.25, 0.3) is 0 Å². The highest BCUT2D eigenvalue weighted by Gasteiger charge is 2.22. The van der Waals surface area contributed by atoms with Gasteiger partial charge >= 0.3 is 0 Å². The third kappa shape index (κ3) is 3.79. The summed E-state index contributed by atoms with van der Waals surface area (Å²) in [5, 5.41) is 13.3. The molecule has 1 atom stereocenters. The van der Waals surface area contributed by atoms with Crippen LogP contribution < -0.4 is 5.32 Å². The van der Waals surface area contributed by atoms with Crippen molar-refractivity contribution in [1.82, 2.24) is 10.3 Å². The summed E-state index contributed by atoms with van der Waals surface area (Å²) in [6.45, 7) is 2.21. The van der Waals surface area contributed by atoms with Gasteiger partial charge in [0.1, 0.15) is 0 Å². The molecule has 0 aliphatic heterocycles. The maximum atomic E-state index is 9.54. The lowest BCUT2D eigenvalue weighted by Crippen LogP contribution is -2.37. The molecule has 3 heteroatoms. The van der Waals surface area contributed by atoms with Gasteiger partial charge in [0.25, 0.3) is 0 Å². The number of aliphatic hydroxyl groups excluding tert-OH is 1. The number of nitrogens with one attached hydrogen (secondary N) is 1. The minimum absolute atomic E-state index is 0.0810. The molecule has 1 saturated carbocycles. The van der Waals surface area contributed by atoms with Gasteiger partial charge in [-0.2, -0.15) is 0 Å². The van der Waals surface area contributed by atoms with Crippen LogP contribution in [0.5, 0.6) is 0 Å². The second kappa shape index (κ2) is 6.86. The van der Waals surface area contributed by atoms with Crippen LogP contribution in [0.15, 0.2) is 24.4 Å². The number of aromatic nitrogens is 1. The lowest BCUT2D eigenvalue weighted by atomic mass is 9.92. The van der Waals surface area contributed by atoms with E-state index in [2.05, 4.69) is 29.4 Å². The minimum Gasteiger partial charge on any atom is -0.393 e. The molecule has 1 aliphatic carbocycles. The zero-order valence-corrected chi connectivity index (χ0v) is 11.2. The summed E-state index contributed by atoms with van der Waals surface area (Å²) in [5.41, 5.74) is 1.14. The summed E-state index contributed by atoms with van der Waals surface area (Å²) < 4.78 is 0. The van der Waals surface area contributed by atoms with E-state index in [9.17, 15) is 5.11 Å². The Kier molecular flexibility index (Phi) is 5.14. The molecule has 0 aromatic carbocycles. The molecule has 1 aromatic heterocycles. The molecule has 1 unspecified atom stereocenters. The zero-order valence-electron chi connectivity index (χ0n) is 11.2. The third-order valence-corrected chi connectivity index (χ3v) is 3.76. The maximum Gasteiger partial charge on any atom is 0.0573 e. The van der Waals surface area contributed by atoms with Crippen LogP contribution >= 0.6 is 0 Å². The second-order valence-corrected chi connectivity index (χ2v) is 5.27. The Hall–Kier alpha value is -0.930. The first-order valence-electron chi connectivity index (χ1n) is 7.14. The lowest BCUT2D eigenvalue weighted by Gasteiger charge is -2.30. The van der Waals surface area contributed by atoms with Crippen LogP contribution in [0, 0.1) is 0 Å². The molecule has 0 saturated heterocycles. The van der Waals surface area contributed by atoms with Gasteiger partial charge < -0.3 is 10.4 Å². The van der Waals surface area contributed by atoms with Gasteiger partial charge in [0.15, 0.2) is 0 Å². The molecule has 1 heterocycles. The van der Waals surface area contributed by atoms with Crippen LogP contribution in [0.4, 0.5) is 0 Å². The summed E-state index contributed by atoms with van der Waals surface area (Å²) >= 11 is 0. The van der Waals surface area contributed by atoms with Gasteiger partial charge in [0.05, 0.1) is 11.8 Å². The molecule has 1 aromatic rings. The predicted molar refractivity (Wildman–Crippen MR) is 73.3 cm³/mol. The van der Waals surface area contributed by atoms with Gasteiger partial charge in [-0.05, 0) is 44.2 Å². The number of rotatable bonds is 5. The Morgan fingerprint density at radius 1 is 1.33 bits per heavy atom. The van der Waals surface area contributed by atoms with Crippen LogP contribution in [-0.4, -0.2) is 22.2 Å². The van der Waals surface area contributed by atoms with Crippen molar-refractivity contribution in [2.75, 3.05) is 0 Å². The Balaban J connectivity index is 1.94. The highest BCUT2D eigenvalue weighted by Crippen LogP contribution is 2.23. The molecule has 0 amide bonds. The van der Waals surface area contributed by atoms with E-state index in [1.165, 1.54) is 0 Å². The summed E-state index contributed by atoms with van der Waals surface area (Å²) in [7, 11) is 0. The fourth-order valence-electron chi connectivity index (χ4n) is 2.71. The highest BCUT2D eigenvalue weighted by molar-refractivity contribution is 5.09. The summed E-state index contributed by atoms with van der Waals surface area (Å²) in [4.78, 5) is 4.47. The lowest BCUT2D eigenvalue weighted by molar-refractivity contribution is 0.113. The second-order valence-electron chi connectivity index (χ2n) is 5.27. The van der Waals surface area contributed by atoms with Gasteiger partial charge in [0, 0.05) is 18.3 Å². The normalized spacial score (nSPS) is 25.9. The van der Waals surface area contributed by atoms with Crippen molar-refractivity contribution in [2.45, 2.75) is 63.6 Å². The van der Waals surface area contributed by atoms with E-state index < -0.39 is 0 Å².